The van der Waals surface area contributed by atoms with Gasteiger partial charge in [-0.3, -0.25) is 0 Å². The Labute approximate surface area is 205 Å². The first-order valence-electron chi connectivity index (χ1n) is 10.5. The first kappa shape index (κ1) is 23.8. The fourth-order valence-corrected chi connectivity index (χ4v) is 7.12. The number of halogens is 1. The Morgan fingerprint density at radius 1 is 1.16 bits per heavy atom. The van der Waals surface area contributed by atoms with Crippen molar-refractivity contribution in [3.05, 3.63) is 44.8 Å². The number of thiophene rings is 2. The van der Waals surface area contributed by atoms with Gasteiger partial charge in [0.1, 0.15) is 30.4 Å². The minimum atomic E-state index is -1.80. The number of quaternary nitrogens is 1. The van der Waals surface area contributed by atoms with Crippen molar-refractivity contribution in [3.8, 4) is 0 Å². The molecule has 0 aliphatic carbocycles. The van der Waals surface area contributed by atoms with Gasteiger partial charge in [0.15, 0.2) is 6.54 Å². The summed E-state index contributed by atoms with van der Waals surface area (Å²) in [5.41, 5.74) is -1.80. The summed E-state index contributed by atoms with van der Waals surface area (Å²) in [4.78, 5) is 26.6. The molecule has 5 heterocycles. The first-order chi connectivity index (χ1) is 14.9. The smallest absolute Gasteiger partial charge is 0.361 e. The van der Waals surface area contributed by atoms with Gasteiger partial charge < -0.3 is 40.8 Å². The van der Waals surface area contributed by atoms with Gasteiger partial charge in [0.05, 0.1) is 23.4 Å². The quantitative estimate of drug-likeness (QED) is 0.282. The van der Waals surface area contributed by atoms with Crippen LogP contribution in [-0.2, 0) is 29.4 Å². The zero-order chi connectivity index (χ0) is 21.8. The summed E-state index contributed by atoms with van der Waals surface area (Å²) < 4.78 is 17.5. The molecule has 3 saturated heterocycles. The van der Waals surface area contributed by atoms with Crippen molar-refractivity contribution >= 4 is 34.6 Å². The Hall–Kier alpha value is -1.30. The second-order valence-corrected chi connectivity index (χ2v) is 10.6. The molecule has 2 aromatic rings. The molecule has 0 aromatic carbocycles. The highest BCUT2D eigenvalue weighted by atomic mass is 79.9. The van der Waals surface area contributed by atoms with Crippen LogP contribution in [-0.4, -0.2) is 72.1 Å². The molecule has 0 spiro atoms. The number of piperidine rings is 1. The Morgan fingerprint density at radius 2 is 1.72 bits per heavy atom. The summed E-state index contributed by atoms with van der Waals surface area (Å²) in [7, 11) is 2.08. The number of aliphatic hydroxyl groups is 1. The summed E-state index contributed by atoms with van der Waals surface area (Å²) >= 11 is 2.66. The zero-order valence-electron chi connectivity index (χ0n) is 17.8. The van der Waals surface area contributed by atoms with E-state index < -0.39 is 11.6 Å². The van der Waals surface area contributed by atoms with Crippen LogP contribution < -0.4 is 17.0 Å². The van der Waals surface area contributed by atoms with Crippen LogP contribution in [0.5, 0.6) is 0 Å². The molecule has 3 aliphatic rings. The van der Waals surface area contributed by atoms with E-state index in [-0.39, 0.29) is 53.3 Å². The monoisotopic (exact) mass is 543 g/mol. The normalized spacial score (nSPS) is 32.5. The number of esters is 2. The molecule has 3 aliphatic heterocycles. The van der Waals surface area contributed by atoms with E-state index in [1.54, 1.807) is 19.1 Å². The lowest BCUT2D eigenvalue weighted by atomic mass is 9.94. The number of carbonyl (C=O) groups excluding carboxylic acids is 2. The minimum absolute atomic E-state index is 0. The average molecular weight is 544 g/mol. The largest absolute Gasteiger partial charge is 1.00 e. The van der Waals surface area contributed by atoms with Crippen molar-refractivity contribution in [2.45, 2.75) is 55.8 Å². The number of fused-ring (bicyclic) bond motifs is 5. The van der Waals surface area contributed by atoms with Gasteiger partial charge in [0.25, 0.3) is 0 Å². The van der Waals surface area contributed by atoms with Crippen molar-refractivity contribution in [1.82, 2.24) is 0 Å². The second-order valence-electron chi connectivity index (χ2n) is 8.67. The number of ether oxygens (including phenoxy) is 3. The molecule has 0 amide bonds. The molecule has 10 heteroatoms. The van der Waals surface area contributed by atoms with Gasteiger partial charge in [-0.05, 0) is 29.8 Å². The highest BCUT2D eigenvalue weighted by Gasteiger charge is 2.72. The van der Waals surface area contributed by atoms with Gasteiger partial charge in [-0.2, -0.15) is 0 Å². The Bertz CT molecular complexity index is 913. The maximum absolute atomic E-state index is 13.3. The Kier molecular flexibility index (Phi) is 6.56. The number of epoxide rings is 1. The Morgan fingerprint density at radius 3 is 2.19 bits per heavy atom. The molecular weight excluding hydrogens is 518 g/mol. The van der Waals surface area contributed by atoms with Gasteiger partial charge in [0, 0.05) is 12.8 Å². The molecule has 6 atom stereocenters. The van der Waals surface area contributed by atoms with Crippen molar-refractivity contribution in [1.29, 1.82) is 0 Å². The number of hydrogen-bond donors (Lipinski definition) is 1. The Balaban J connectivity index is 0.00000245. The lowest BCUT2D eigenvalue weighted by Crippen LogP contribution is -3.00. The fourth-order valence-electron chi connectivity index (χ4n) is 5.40. The number of hydrogen-bond acceptors (Lipinski definition) is 8. The number of morpholine rings is 1. The average Bonchev–Trinajstić information content (AvgIpc) is 3.10. The highest BCUT2D eigenvalue weighted by Crippen LogP contribution is 2.53. The summed E-state index contributed by atoms with van der Waals surface area (Å²) in [5, 5.41) is 15.2. The SMILES string of the molecule is CCOC(=O)C[N+]1(C)[C@@H]2CC(OC(=O)C(O)(c3cccs3)c3cccs3)C[C@H]1[C@H]1O[C@H]12.[Br-]. The molecule has 3 fully saturated rings. The first-order valence-corrected chi connectivity index (χ1v) is 12.3. The van der Waals surface area contributed by atoms with Crippen LogP contribution in [0.2, 0.25) is 0 Å². The molecule has 2 unspecified atom stereocenters. The molecule has 2 bridgehead atoms. The summed E-state index contributed by atoms with van der Waals surface area (Å²) in [5.74, 6) is -0.848. The van der Waals surface area contributed by atoms with Crippen molar-refractivity contribution < 1.29 is 50.4 Å². The molecule has 7 nitrogen and oxygen atoms in total. The van der Waals surface area contributed by atoms with E-state index >= 15 is 0 Å². The van der Waals surface area contributed by atoms with Gasteiger partial charge in [-0.25, -0.2) is 9.59 Å². The molecule has 32 heavy (non-hydrogen) atoms. The van der Waals surface area contributed by atoms with Crippen LogP contribution in [0.4, 0.5) is 0 Å². The van der Waals surface area contributed by atoms with E-state index in [4.69, 9.17) is 14.2 Å². The summed E-state index contributed by atoms with van der Waals surface area (Å²) in [6.45, 7) is 2.47. The van der Waals surface area contributed by atoms with Gasteiger partial charge in [-0.15, -0.1) is 22.7 Å². The lowest BCUT2D eigenvalue weighted by Gasteiger charge is -2.47. The number of nitrogens with zero attached hydrogens (tertiary/aromatic N) is 1. The van der Waals surface area contributed by atoms with E-state index in [2.05, 4.69) is 7.05 Å². The number of carbonyl (C=O) groups is 2. The van der Waals surface area contributed by atoms with Crippen molar-refractivity contribution in [3.63, 3.8) is 0 Å². The third-order valence-electron chi connectivity index (χ3n) is 6.94. The lowest BCUT2D eigenvalue weighted by molar-refractivity contribution is -0.949. The van der Waals surface area contributed by atoms with Gasteiger partial charge in [-0.1, -0.05) is 12.1 Å². The van der Waals surface area contributed by atoms with Gasteiger partial charge >= 0.3 is 11.9 Å². The maximum atomic E-state index is 13.3. The van der Waals surface area contributed by atoms with Gasteiger partial charge in [0.2, 0.25) is 5.60 Å². The highest BCUT2D eigenvalue weighted by molar-refractivity contribution is 7.12. The molecular formula is C22H26BrNO6S2. The maximum Gasteiger partial charge on any atom is 0.361 e. The van der Waals surface area contributed by atoms with Crippen LogP contribution in [0, 0.1) is 0 Å². The fraction of sp³-hybridized carbons (Fsp3) is 0.545. The number of likely N-dealkylation sites (N-methyl/N-ethyl adjacent to an activating group) is 1. The van der Waals surface area contributed by atoms with E-state index in [0.29, 0.717) is 40.2 Å². The van der Waals surface area contributed by atoms with E-state index in [0.717, 1.165) is 0 Å². The minimum Gasteiger partial charge on any atom is -1.00 e. The van der Waals surface area contributed by atoms with Crippen LogP contribution in [0.15, 0.2) is 35.0 Å². The standard InChI is InChI=1S/C22H26NO6S2.BrH/c1-3-27-18(24)12-23(2)14-10-13(11-15(23)20-19(14)29-20)28-21(25)22(26,16-6-4-8-30-16)17-7-5-9-31-17;/h4-9,13-15,19-20,26H,3,10-12H2,1-2H3;1H/q+1;/p-1/t13?,14-,15+,19+,20-,23?;. The zero-order valence-corrected chi connectivity index (χ0v) is 21.0. The third kappa shape index (κ3) is 3.74. The van der Waals surface area contributed by atoms with E-state index in [1.165, 1.54) is 22.7 Å². The summed E-state index contributed by atoms with van der Waals surface area (Å²) in [6, 6.07) is 7.29. The molecule has 5 rings (SSSR count). The van der Waals surface area contributed by atoms with Crippen LogP contribution in [0.25, 0.3) is 0 Å². The van der Waals surface area contributed by atoms with Crippen LogP contribution in [0.1, 0.15) is 29.5 Å². The predicted molar refractivity (Wildman–Crippen MR) is 115 cm³/mol. The third-order valence-corrected chi connectivity index (χ3v) is 8.90. The molecule has 0 saturated carbocycles. The summed E-state index contributed by atoms with van der Waals surface area (Å²) in [6.07, 6.45) is 1.08. The topological polar surface area (TPSA) is 85.4 Å². The van der Waals surface area contributed by atoms with E-state index in [9.17, 15) is 14.7 Å². The number of rotatable bonds is 7. The van der Waals surface area contributed by atoms with Crippen molar-refractivity contribution in [2.24, 2.45) is 0 Å². The van der Waals surface area contributed by atoms with Crippen LogP contribution >= 0.6 is 22.7 Å². The van der Waals surface area contributed by atoms with Crippen molar-refractivity contribution in [2.75, 3.05) is 20.2 Å². The van der Waals surface area contributed by atoms with E-state index in [1.807, 2.05) is 22.9 Å². The molecule has 2 aromatic heterocycles. The molecule has 0 radical (unpaired) electrons. The second kappa shape index (κ2) is 8.81. The van der Waals surface area contributed by atoms with Crippen LogP contribution in [0.3, 0.4) is 0 Å². The molecule has 174 valence electrons. The molecule has 1 N–H and O–H groups in total. The predicted octanol–water partition coefficient (Wildman–Crippen LogP) is -0.717.